The molecule has 0 saturated carbocycles. The van der Waals surface area contributed by atoms with E-state index in [9.17, 15) is 10.2 Å². The molecule has 33 heavy (non-hydrogen) atoms. The van der Waals surface area contributed by atoms with E-state index in [1.165, 1.54) is 0 Å². The molecule has 2 heterocycles. The molecule has 4 nitrogen and oxygen atoms in total. The first-order chi connectivity index (χ1) is 15.9. The standard InChI is InChI=1S/C28H27ClN2O2/c1-28(33)16-18-31(20-27(28)32)17-2-3-21-4-6-22(7-5-21)8-14-26-15-11-24(19-30-26)23-9-12-25(29)13-10-23/h2-7,9-13,15,19,27,32-33H,16-18,20H2,1H3/t27-,28+/m1/s1. The molecule has 2 atom stereocenters. The van der Waals surface area contributed by atoms with Gasteiger partial charge >= 0.3 is 0 Å². The number of hydrogen-bond donors (Lipinski definition) is 2. The molecule has 0 unspecified atom stereocenters. The smallest absolute Gasteiger partial charge is 0.113 e. The molecule has 1 saturated heterocycles. The second-order valence-electron chi connectivity index (χ2n) is 8.60. The molecule has 1 aliphatic rings. The Bertz CT molecular complexity index is 1160. The van der Waals surface area contributed by atoms with E-state index in [1.54, 1.807) is 6.92 Å². The van der Waals surface area contributed by atoms with E-state index >= 15 is 0 Å². The Morgan fingerprint density at radius 2 is 1.79 bits per heavy atom. The summed E-state index contributed by atoms with van der Waals surface area (Å²) in [6.07, 6.45) is 5.84. The van der Waals surface area contributed by atoms with Gasteiger partial charge in [0.2, 0.25) is 0 Å². The van der Waals surface area contributed by atoms with Gasteiger partial charge in [0.25, 0.3) is 0 Å². The Kier molecular flexibility index (Phi) is 7.27. The SMILES string of the molecule is C[C@]1(O)CCN(CC=Cc2ccc(C#Cc3ccc(-c4ccc(Cl)cc4)cn3)cc2)C[C@H]1O. The van der Waals surface area contributed by atoms with Gasteiger partial charge < -0.3 is 10.2 Å². The Labute approximate surface area is 200 Å². The summed E-state index contributed by atoms with van der Waals surface area (Å²) in [7, 11) is 0. The van der Waals surface area contributed by atoms with Crippen LogP contribution in [0.3, 0.4) is 0 Å². The summed E-state index contributed by atoms with van der Waals surface area (Å²) in [4.78, 5) is 6.60. The van der Waals surface area contributed by atoms with E-state index in [0.29, 0.717) is 18.0 Å². The third-order valence-electron chi connectivity index (χ3n) is 5.94. The first-order valence-corrected chi connectivity index (χ1v) is 11.4. The van der Waals surface area contributed by atoms with Crippen LogP contribution in [0.4, 0.5) is 0 Å². The summed E-state index contributed by atoms with van der Waals surface area (Å²) in [6, 6.07) is 19.7. The molecule has 2 aromatic carbocycles. The molecule has 1 aliphatic heterocycles. The monoisotopic (exact) mass is 458 g/mol. The largest absolute Gasteiger partial charge is 0.389 e. The molecule has 0 bridgehead atoms. The molecule has 168 valence electrons. The highest BCUT2D eigenvalue weighted by atomic mass is 35.5. The molecule has 0 spiro atoms. The number of aliphatic hydroxyl groups excluding tert-OH is 1. The topological polar surface area (TPSA) is 56.6 Å². The van der Waals surface area contributed by atoms with Crippen LogP contribution >= 0.6 is 11.6 Å². The van der Waals surface area contributed by atoms with Crippen LogP contribution < -0.4 is 0 Å². The van der Waals surface area contributed by atoms with Crippen molar-refractivity contribution in [2.75, 3.05) is 19.6 Å². The van der Waals surface area contributed by atoms with Gasteiger partial charge in [0.1, 0.15) is 5.69 Å². The molecular formula is C28H27ClN2O2. The van der Waals surface area contributed by atoms with Crippen molar-refractivity contribution in [3.05, 3.63) is 94.8 Å². The van der Waals surface area contributed by atoms with Crippen molar-refractivity contribution in [2.45, 2.75) is 25.0 Å². The van der Waals surface area contributed by atoms with Crippen LogP contribution in [0.2, 0.25) is 5.02 Å². The van der Waals surface area contributed by atoms with E-state index < -0.39 is 11.7 Å². The van der Waals surface area contributed by atoms with Crippen LogP contribution in [0.5, 0.6) is 0 Å². The second kappa shape index (κ2) is 10.3. The van der Waals surface area contributed by atoms with Crippen molar-refractivity contribution in [1.82, 2.24) is 9.88 Å². The number of aliphatic hydroxyl groups is 2. The predicted molar refractivity (Wildman–Crippen MR) is 134 cm³/mol. The molecule has 1 aromatic heterocycles. The summed E-state index contributed by atoms with van der Waals surface area (Å²) in [6.45, 7) is 3.70. The quantitative estimate of drug-likeness (QED) is 0.559. The number of rotatable bonds is 4. The summed E-state index contributed by atoms with van der Waals surface area (Å²) in [5, 5.41) is 20.8. The lowest BCUT2D eigenvalue weighted by Crippen LogP contribution is -2.53. The van der Waals surface area contributed by atoms with Crippen molar-refractivity contribution in [3.63, 3.8) is 0 Å². The van der Waals surface area contributed by atoms with E-state index in [-0.39, 0.29) is 0 Å². The second-order valence-corrected chi connectivity index (χ2v) is 9.03. The number of hydrogen-bond acceptors (Lipinski definition) is 4. The maximum Gasteiger partial charge on any atom is 0.113 e. The number of pyridine rings is 1. The maximum atomic E-state index is 10.1. The van der Waals surface area contributed by atoms with Crippen LogP contribution in [0.15, 0.2) is 72.9 Å². The minimum atomic E-state index is -0.981. The number of likely N-dealkylation sites (tertiary alicyclic amines) is 1. The fourth-order valence-corrected chi connectivity index (χ4v) is 3.81. The Balaban J connectivity index is 1.32. The van der Waals surface area contributed by atoms with Crippen molar-refractivity contribution < 1.29 is 10.2 Å². The fraction of sp³-hybridized carbons (Fsp3) is 0.250. The van der Waals surface area contributed by atoms with E-state index in [1.807, 2.05) is 66.9 Å². The zero-order chi connectivity index (χ0) is 23.3. The van der Waals surface area contributed by atoms with Gasteiger partial charge in [0.15, 0.2) is 0 Å². The van der Waals surface area contributed by atoms with Crippen LogP contribution in [0.25, 0.3) is 17.2 Å². The zero-order valence-electron chi connectivity index (χ0n) is 18.6. The molecule has 0 aliphatic carbocycles. The normalized spacial score (nSPS) is 21.0. The summed E-state index contributed by atoms with van der Waals surface area (Å²) in [5.74, 6) is 6.28. The van der Waals surface area contributed by atoms with E-state index in [2.05, 4.69) is 33.9 Å². The van der Waals surface area contributed by atoms with Crippen molar-refractivity contribution in [2.24, 2.45) is 0 Å². The van der Waals surface area contributed by atoms with Crippen molar-refractivity contribution in [3.8, 4) is 23.0 Å². The number of piperidine rings is 1. The van der Waals surface area contributed by atoms with Gasteiger partial charge in [-0.05, 0) is 60.7 Å². The molecule has 4 rings (SSSR count). The van der Waals surface area contributed by atoms with Gasteiger partial charge in [0, 0.05) is 42.0 Å². The molecule has 0 amide bonds. The first kappa shape index (κ1) is 23.2. The number of β-amino-alcohol motifs (C(OH)–C–C–N with tert-alkyl or cyclic N) is 1. The van der Waals surface area contributed by atoms with Gasteiger partial charge in [-0.2, -0.15) is 0 Å². The highest BCUT2D eigenvalue weighted by Crippen LogP contribution is 2.22. The van der Waals surface area contributed by atoms with Crippen LogP contribution in [-0.2, 0) is 0 Å². The van der Waals surface area contributed by atoms with Crippen molar-refractivity contribution in [1.29, 1.82) is 0 Å². The average Bonchev–Trinajstić information content (AvgIpc) is 2.82. The fourth-order valence-electron chi connectivity index (χ4n) is 3.68. The number of halogens is 1. The highest BCUT2D eigenvalue weighted by Gasteiger charge is 2.35. The van der Waals surface area contributed by atoms with E-state index in [4.69, 9.17) is 11.6 Å². The third kappa shape index (κ3) is 6.31. The predicted octanol–water partition coefficient (Wildman–Crippen LogP) is 4.63. The molecule has 2 N–H and O–H groups in total. The lowest BCUT2D eigenvalue weighted by atomic mass is 9.91. The Morgan fingerprint density at radius 1 is 1.06 bits per heavy atom. The first-order valence-electron chi connectivity index (χ1n) is 11.0. The summed E-state index contributed by atoms with van der Waals surface area (Å²) >= 11 is 5.95. The molecule has 3 aromatic rings. The minimum Gasteiger partial charge on any atom is -0.389 e. The Hall–Kier alpha value is -2.94. The van der Waals surface area contributed by atoms with Crippen molar-refractivity contribution >= 4 is 17.7 Å². The maximum absolute atomic E-state index is 10.1. The lowest BCUT2D eigenvalue weighted by Gasteiger charge is -2.39. The Morgan fingerprint density at radius 3 is 2.45 bits per heavy atom. The van der Waals surface area contributed by atoms with Crippen LogP contribution in [0.1, 0.15) is 30.2 Å². The highest BCUT2D eigenvalue weighted by molar-refractivity contribution is 6.30. The minimum absolute atomic E-state index is 0.487. The third-order valence-corrected chi connectivity index (χ3v) is 6.20. The number of aromatic nitrogens is 1. The number of benzene rings is 2. The van der Waals surface area contributed by atoms with E-state index in [0.717, 1.165) is 41.0 Å². The van der Waals surface area contributed by atoms with Gasteiger partial charge in [-0.25, -0.2) is 4.98 Å². The molecule has 0 radical (unpaired) electrons. The molecule has 5 heteroatoms. The van der Waals surface area contributed by atoms with Crippen LogP contribution in [0, 0.1) is 11.8 Å². The van der Waals surface area contributed by atoms with Gasteiger partial charge in [-0.15, -0.1) is 0 Å². The molecule has 1 fully saturated rings. The summed E-state index contributed by atoms with van der Waals surface area (Å²) < 4.78 is 0. The summed E-state index contributed by atoms with van der Waals surface area (Å²) in [5.41, 5.74) is 3.86. The zero-order valence-corrected chi connectivity index (χ0v) is 19.3. The van der Waals surface area contributed by atoms with Crippen LogP contribution in [-0.4, -0.2) is 51.4 Å². The van der Waals surface area contributed by atoms with Gasteiger partial charge in [-0.1, -0.05) is 60.0 Å². The van der Waals surface area contributed by atoms with Gasteiger partial charge in [-0.3, -0.25) is 4.90 Å². The molecular weight excluding hydrogens is 432 g/mol. The average molecular weight is 459 g/mol. The lowest BCUT2D eigenvalue weighted by molar-refractivity contribution is -0.105. The van der Waals surface area contributed by atoms with Gasteiger partial charge in [0.05, 0.1) is 11.7 Å². The number of nitrogens with zero attached hydrogens (tertiary/aromatic N) is 2.